The summed E-state index contributed by atoms with van der Waals surface area (Å²) < 4.78 is 14.6. The van der Waals surface area contributed by atoms with Gasteiger partial charge in [-0.15, -0.1) is 0 Å². The van der Waals surface area contributed by atoms with Gasteiger partial charge in [0.15, 0.2) is 0 Å². The van der Waals surface area contributed by atoms with E-state index in [-0.39, 0.29) is 11.9 Å². The maximum atomic E-state index is 12.9. The summed E-state index contributed by atoms with van der Waals surface area (Å²) in [7, 11) is 1.88. The zero-order valence-electron chi connectivity index (χ0n) is 9.89. The third kappa shape index (κ3) is 2.50. The minimum Gasteiger partial charge on any atom is -0.304 e. The molecule has 0 aliphatic heterocycles. The molecule has 0 spiro atoms. The van der Waals surface area contributed by atoms with Gasteiger partial charge in [-0.05, 0) is 24.7 Å². The van der Waals surface area contributed by atoms with Crippen LogP contribution in [-0.4, -0.2) is 21.3 Å². The van der Waals surface area contributed by atoms with Crippen molar-refractivity contribution in [3.8, 4) is 0 Å². The lowest BCUT2D eigenvalue weighted by molar-refractivity contribution is 0.556. The molecule has 5 heteroatoms. The van der Waals surface area contributed by atoms with E-state index in [4.69, 9.17) is 0 Å². The Balaban J connectivity index is 2.35. The zero-order valence-corrected chi connectivity index (χ0v) is 9.89. The molecule has 1 N–H and O–H groups in total. The van der Waals surface area contributed by atoms with Gasteiger partial charge in [-0.1, -0.05) is 6.92 Å². The second-order valence-corrected chi connectivity index (χ2v) is 3.77. The SMILES string of the molecule is CCNC(c1ccc(F)cn1)c1ccnn1C. The molecule has 0 aliphatic carbocycles. The van der Waals surface area contributed by atoms with Crippen molar-refractivity contribution in [2.75, 3.05) is 6.54 Å². The molecule has 2 aromatic heterocycles. The van der Waals surface area contributed by atoms with E-state index < -0.39 is 0 Å². The molecule has 0 saturated heterocycles. The predicted molar refractivity (Wildman–Crippen MR) is 62.9 cm³/mol. The number of halogens is 1. The van der Waals surface area contributed by atoms with Crippen LogP contribution < -0.4 is 5.32 Å². The molecular weight excluding hydrogens is 219 g/mol. The predicted octanol–water partition coefficient (Wildman–Crippen LogP) is 1.65. The van der Waals surface area contributed by atoms with Crippen LogP contribution in [-0.2, 0) is 7.05 Å². The van der Waals surface area contributed by atoms with Gasteiger partial charge in [0.05, 0.1) is 23.6 Å². The normalized spacial score (nSPS) is 12.6. The van der Waals surface area contributed by atoms with E-state index in [0.717, 1.165) is 17.9 Å². The molecule has 17 heavy (non-hydrogen) atoms. The van der Waals surface area contributed by atoms with E-state index in [1.165, 1.54) is 12.3 Å². The fourth-order valence-electron chi connectivity index (χ4n) is 1.79. The Morgan fingerprint density at radius 2 is 2.24 bits per heavy atom. The third-order valence-electron chi connectivity index (χ3n) is 2.61. The van der Waals surface area contributed by atoms with Crippen molar-refractivity contribution >= 4 is 0 Å². The average molecular weight is 234 g/mol. The van der Waals surface area contributed by atoms with E-state index >= 15 is 0 Å². The monoisotopic (exact) mass is 234 g/mol. The molecular formula is C12H15FN4. The molecule has 0 radical (unpaired) electrons. The molecule has 0 amide bonds. The van der Waals surface area contributed by atoms with Crippen LogP contribution in [0.3, 0.4) is 0 Å². The van der Waals surface area contributed by atoms with Crippen LogP contribution in [0.25, 0.3) is 0 Å². The molecule has 2 heterocycles. The van der Waals surface area contributed by atoms with Crippen molar-refractivity contribution in [2.45, 2.75) is 13.0 Å². The fourth-order valence-corrected chi connectivity index (χ4v) is 1.79. The van der Waals surface area contributed by atoms with Crippen LogP contribution in [0.1, 0.15) is 24.4 Å². The molecule has 2 aromatic rings. The van der Waals surface area contributed by atoms with Gasteiger partial charge in [0.2, 0.25) is 0 Å². The van der Waals surface area contributed by atoms with Gasteiger partial charge in [0.25, 0.3) is 0 Å². The first-order valence-electron chi connectivity index (χ1n) is 5.55. The van der Waals surface area contributed by atoms with Crippen LogP contribution in [0.15, 0.2) is 30.6 Å². The maximum absolute atomic E-state index is 12.9. The van der Waals surface area contributed by atoms with E-state index in [9.17, 15) is 4.39 Å². The van der Waals surface area contributed by atoms with Crippen molar-refractivity contribution in [1.82, 2.24) is 20.1 Å². The van der Waals surface area contributed by atoms with Crippen molar-refractivity contribution in [3.63, 3.8) is 0 Å². The average Bonchev–Trinajstić information content (AvgIpc) is 2.74. The largest absolute Gasteiger partial charge is 0.304 e. The molecule has 0 bridgehead atoms. The standard InChI is InChI=1S/C12H15FN4/c1-3-14-12(11-6-7-16-17(11)2)10-5-4-9(13)8-15-10/h4-8,12,14H,3H2,1-2H3. The number of pyridine rings is 1. The highest BCUT2D eigenvalue weighted by Gasteiger charge is 2.17. The molecule has 2 rings (SSSR count). The summed E-state index contributed by atoms with van der Waals surface area (Å²) in [6, 6.07) is 4.98. The van der Waals surface area contributed by atoms with Crippen molar-refractivity contribution < 1.29 is 4.39 Å². The highest BCUT2D eigenvalue weighted by Crippen LogP contribution is 2.19. The van der Waals surface area contributed by atoms with Crippen LogP contribution in [0.2, 0.25) is 0 Å². The summed E-state index contributed by atoms with van der Waals surface area (Å²) in [5.41, 5.74) is 1.79. The third-order valence-corrected chi connectivity index (χ3v) is 2.61. The first-order chi connectivity index (χ1) is 8.22. The molecule has 0 fully saturated rings. The van der Waals surface area contributed by atoms with E-state index in [2.05, 4.69) is 15.4 Å². The molecule has 4 nitrogen and oxygen atoms in total. The van der Waals surface area contributed by atoms with Gasteiger partial charge in [0, 0.05) is 13.2 Å². The summed E-state index contributed by atoms with van der Waals surface area (Å²) in [5.74, 6) is -0.325. The topological polar surface area (TPSA) is 42.7 Å². The Morgan fingerprint density at radius 1 is 1.41 bits per heavy atom. The van der Waals surface area contributed by atoms with Crippen molar-refractivity contribution in [2.24, 2.45) is 7.05 Å². The van der Waals surface area contributed by atoms with E-state index in [1.54, 1.807) is 16.9 Å². The molecule has 0 aromatic carbocycles. The molecule has 1 unspecified atom stereocenters. The van der Waals surface area contributed by atoms with Gasteiger partial charge < -0.3 is 5.32 Å². The number of hydrogen-bond donors (Lipinski definition) is 1. The first kappa shape index (κ1) is 11.7. The van der Waals surface area contributed by atoms with Crippen LogP contribution in [0.5, 0.6) is 0 Å². The van der Waals surface area contributed by atoms with Crippen LogP contribution in [0, 0.1) is 5.82 Å². The maximum Gasteiger partial charge on any atom is 0.141 e. The lowest BCUT2D eigenvalue weighted by Crippen LogP contribution is -2.25. The van der Waals surface area contributed by atoms with Gasteiger partial charge in [0.1, 0.15) is 5.82 Å². The number of rotatable bonds is 4. The highest BCUT2D eigenvalue weighted by atomic mass is 19.1. The quantitative estimate of drug-likeness (QED) is 0.874. The second-order valence-electron chi connectivity index (χ2n) is 3.77. The van der Waals surface area contributed by atoms with Gasteiger partial charge in [-0.2, -0.15) is 5.10 Å². The zero-order chi connectivity index (χ0) is 12.3. The first-order valence-corrected chi connectivity index (χ1v) is 5.55. The number of hydrogen-bond acceptors (Lipinski definition) is 3. The van der Waals surface area contributed by atoms with E-state index in [0.29, 0.717) is 0 Å². The number of nitrogens with zero attached hydrogens (tertiary/aromatic N) is 3. The Hall–Kier alpha value is -1.75. The van der Waals surface area contributed by atoms with Gasteiger partial charge in [-0.25, -0.2) is 4.39 Å². The Kier molecular flexibility index (Phi) is 3.49. The Labute approximate surface area is 99.5 Å². The number of aromatic nitrogens is 3. The lowest BCUT2D eigenvalue weighted by Gasteiger charge is -2.17. The summed E-state index contributed by atoms with van der Waals surface area (Å²) in [5, 5.41) is 7.45. The van der Waals surface area contributed by atoms with Crippen molar-refractivity contribution in [1.29, 1.82) is 0 Å². The molecule has 1 atom stereocenters. The molecule has 90 valence electrons. The minimum absolute atomic E-state index is 0.0619. The van der Waals surface area contributed by atoms with Gasteiger partial charge >= 0.3 is 0 Å². The Morgan fingerprint density at radius 3 is 2.76 bits per heavy atom. The highest BCUT2D eigenvalue weighted by molar-refractivity contribution is 5.21. The fraction of sp³-hybridized carbons (Fsp3) is 0.333. The lowest BCUT2D eigenvalue weighted by atomic mass is 10.1. The molecule has 0 aliphatic rings. The summed E-state index contributed by atoms with van der Waals surface area (Å²) in [4.78, 5) is 4.12. The van der Waals surface area contributed by atoms with E-state index in [1.807, 2.05) is 20.0 Å². The smallest absolute Gasteiger partial charge is 0.141 e. The minimum atomic E-state index is -0.325. The summed E-state index contributed by atoms with van der Waals surface area (Å²) >= 11 is 0. The summed E-state index contributed by atoms with van der Waals surface area (Å²) in [6.45, 7) is 2.82. The number of aryl methyl sites for hydroxylation is 1. The van der Waals surface area contributed by atoms with Crippen molar-refractivity contribution in [3.05, 3.63) is 47.8 Å². The number of nitrogens with one attached hydrogen (secondary N) is 1. The van der Waals surface area contributed by atoms with Gasteiger partial charge in [-0.3, -0.25) is 9.67 Å². The molecule has 0 saturated carbocycles. The van der Waals surface area contributed by atoms with Crippen LogP contribution in [0.4, 0.5) is 4.39 Å². The van der Waals surface area contributed by atoms with Crippen LogP contribution >= 0.6 is 0 Å². The summed E-state index contributed by atoms with van der Waals surface area (Å²) in [6.07, 6.45) is 2.97. The second kappa shape index (κ2) is 5.05. The Bertz CT molecular complexity index is 478.